The van der Waals surface area contributed by atoms with Gasteiger partial charge < -0.3 is 19.4 Å². The van der Waals surface area contributed by atoms with Crippen molar-refractivity contribution in [3.05, 3.63) is 86.9 Å². The van der Waals surface area contributed by atoms with Gasteiger partial charge in [0.15, 0.2) is 12.4 Å². The van der Waals surface area contributed by atoms with E-state index >= 15 is 0 Å². The van der Waals surface area contributed by atoms with Crippen molar-refractivity contribution in [3.63, 3.8) is 0 Å². The molecule has 8 rings (SSSR count). The number of imide groups is 1. The Morgan fingerprint density at radius 2 is 1.73 bits per heavy atom. The summed E-state index contributed by atoms with van der Waals surface area (Å²) in [4.78, 5) is 96.0. The molecular weight excluding hydrogens is 704 g/mol. The quantitative estimate of drug-likeness (QED) is 0.197. The number of nitrogens with zero attached hydrogens (tertiary/aromatic N) is 7. The minimum atomic E-state index is -0.732. The highest BCUT2D eigenvalue weighted by atomic mass is 16.5. The fourth-order valence-corrected chi connectivity index (χ4v) is 8.38. The molecule has 6 heterocycles. The number of pyridine rings is 2. The van der Waals surface area contributed by atoms with Crippen LogP contribution >= 0.6 is 0 Å². The van der Waals surface area contributed by atoms with E-state index in [4.69, 9.17) is 14.7 Å². The molecule has 1 saturated carbocycles. The lowest BCUT2D eigenvalue weighted by Gasteiger charge is -2.36. The zero-order valence-electron chi connectivity index (χ0n) is 30.9. The number of carbonyl (C=O) groups is 5. The zero-order chi connectivity index (χ0) is 38.4. The van der Waals surface area contributed by atoms with Gasteiger partial charge in [0.1, 0.15) is 23.3 Å². The minimum absolute atomic E-state index is 0.00795. The Hall–Kier alpha value is -5.99. The largest absolute Gasteiger partial charge is 0.483 e. The fraction of sp³-hybridized carbons (Fsp3) is 0.425. The molecule has 1 unspecified atom stereocenters. The number of hydrogen-bond acceptors (Lipinski definition) is 11. The maximum Gasteiger partial charge on any atom is 0.263 e. The van der Waals surface area contributed by atoms with Crippen LogP contribution in [0.2, 0.25) is 0 Å². The van der Waals surface area contributed by atoms with Gasteiger partial charge in [-0.25, -0.2) is 9.97 Å². The van der Waals surface area contributed by atoms with Gasteiger partial charge in [0.05, 0.1) is 30.4 Å². The summed E-state index contributed by atoms with van der Waals surface area (Å²) in [5, 5.41) is 3.02. The molecule has 3 fully saturated rings. The summed E-state index contributed by atoms with van der Waals surface area (Å²) in [6.45, 7) is 5.40. The molecular formula is C40H42N8O7. The van der Waals surface area contributed by atoms with E-state index in [0.717, 1.165) is 37.1 Å². The Morgan fingerprint density at radius 1 is 0.945 bits per heavy atom. The third kappa shape index (κ3) is 6.83. The third-order valence-corrected chi connectivity index (χ3v) is 11.3. The number of piperazine rings is 1. The van der Waals surface area contributed by atoms with Crippen molar-refractivity contribution < 1.29 is 28.7 Å². The first-order valence-electron chi connectivity index (χ1n) is 18.9. The highest BCUT2D eigenvalue weighted by Crippen LogP contribution is 2.34. The molecule has 1 N–H and O–H groups in total. The highest BCUT2D eigenvalue weighted by molar-refractivity contribution is 6.05. The summed E-state index contributed by atoms with van der Waals surface area (Å²) in [5.74, 6) is -0.573. The number of benzene rings is 1. The van der Waals surface area contributed by atoms with Crippen LogP contribution in [-0.2, 0) is 27.3 Å². The molecule has 0 spiro atoms. The maximum absolute atomic E-state index is 13.6. The summed E-state index contributed by atoms with van der Waals surface area (Å²) in [6, 6.07) is 8.30. The van der Waals surface area contributed by atoms with Crippen LogP contribution in [0.3, 0.4) is 0 Å². The molecule has 0 radical (unpaired) electrons. The van der Waals surface area contributed by atoms with Gasteiger partial charge >= 0.3 is 0 Å². The lowest BCUT2D eigenvalue weighted by molar-refractivity contribution is -0.137. The molecule has 4 aromatic rings. The number of anilines is 1. The number of aromatic nitrogens is 4. The van der Waals surface area contributed by atoms with Gasteiger partial charge in [-0.05, 0) is 62.9 Å². The second-order valence-corrected chi connectivity index (χ2v) is 14.7. The molecule has 284 valence electrons. The predicted octanol–water partition coefficient (Wildman–Crippen LogP) is 2.89. The molecule has 15 nitrogen and oxygen atoms in total. The molecule has 1 atom stereocenters. The number of Topliss-reactive ketones (excluding diaryl/α,β-unsaturated/α-hetero) is 1. The van der Waals surface area contributed by atoms with Crippen LogP contribution in [0.25, 0.3) is 11.0 Å². The smallest absolute Gasteiger partial charge is 0.263 e. The van der Waals surface area contributed by atoms with Gasteiger partial charge in [0.25, 0.3) is 17.4 Å². The first-order valence-corrected chi connectivity index (χ1v) is 18.9. The molecule has 2 saturated heterocycles. The minimum Gasteiger partial charge on any atom is -0.483 e. The van der Waals surface area contributed by atoms with E-state index in [-0.39, 0.29) is 66.7 Å². The number of ether oxygens (including phenoxy) is 1. The number of carbonyl (C=O) groups excluding carboxylic acids is 5. The molecule has 3 aliphatic heterocycles. The van der Waals surface area contributed by atoms with Gasteiger partial charge in [-0.3, -0.25) is 43.6 Å². The number of nitrogens with one attached hydrogen (secondary N) is 1. The van der Waals surface area contributed by atoms with Crippen LogP contribution in [0.15, 0.2) is 47.5 Å². The SMILES string of the molecule is CC(=O)c1c(C)c2cnc(Cc3ccc(N4CCN(C(=O)COc5cccc6c5CN(C5CCC(=O)NC5=O)C6=O)CC4)cn3)nc2n(C2CCCC2)c1=O. The van der Waals surface area contributed by atoms with Crippen molar-refractivity contribution >= 4 is 46.1 Å². The molecule has 1 aliphatic carbocycles. The van der Waals surface area contributed by atoms with Crippen molar-refractivity contribution in [3.8, 4) is 5.75 Å². The monoisotopic (exact) mass is 746 g/mol. The van der Waals surface area contributed by atoms with E-state index in [0.29, 0.717) is 71.9 Å². The molecule has 4 aliphatic rings. The van der Waals surface area contributed by atoms with Crippen molar-refractivity contribution in [2.75, 3.05) is 37.7 Å². The second kappa shape index (κ2) is 14.7. The topological polar surface area (TPSA) is 177 Å². The Kier molecular flexibility index (Phi) is 9.61. The van der Waals surface area contributed by atoms with Crippen LogP contribution in [0.5, 0.6) is 5.75 Å². The standard InChI is InChI=1S/C40H42N8O7/c1-23-29-20-42-33(43-37(29)48(26-6-3-4-7-26)40(54)36(23)24(2)49)18-25-10-11-27(19-41-25)45-14-16-46(17-15-45)35(51)22-55-32-9-5-8-28-30(32)21-47(39(28)53)31-12-13-34(50)44-38(31)52/h5,8-11,19-20,26,31H,3-4,6-7,12-18,21-22H2,1-2H3,(H,44,50,52). The van der Waals surface area contributed by atoms with Crippen molar-refractivity contribution in [1.82, 2.24) is 34.6 Å². The van der Waals surface area contributed by atoms with E-state index in [9.17, 15) is 28.8 Å². The van der Waals surface area contributed by atoms with Crippen LogP contribution in [0, 0.1) is 6.92 Å². The number of piperidine rings is 1. The van der Waals surface area contributed by atoms with Crippen molar-refractivity contribution in [2.24, 2.45) is 0 Å². The van der Waals surface area contributed by atoms with E-state index in [1.54, 1.807) is 40.8 Å². The van der Waals surface area contributed by atoms with Crippen LogP contribution in [0.1, 0.15) is 94.9 Å². The van der Waals surface area contributed by atoms with Crippen molar-refractivity contribution in [1.29, 1.82) is 0 Å². The normalized spacial score (nSPS) is 18.9. The fourth-order valence-electron chi connectivity index (χ4n) is 8.38. The van der Waals surface area contributed by atoms with E-state index in [1.165, 1.54) is 11.8 Å². The molecule has 1 aromatic carbocycles. The van der Waals surface area contributed by atoms with Crippen LogP contribution in [0.4, 0.5) is 5.69 Å². The predicted molar refractivity (Wildman–Crippen MR) is 200 cm³/mol. The summed E-state index contributed by atoms with van der Waals surface area (Å²) in [6.07, 6.45) is 8.16. The Balaban J connectivity index is 0.877. The van der Waals surface area contributed by atoms with Crippen LogP contribution in [-0.4, -0.2) is 97.6 Å². The van der Waals surface area contributed by atoms with Crippen molar-refractivity contribution in [2.45, 2.75) is 77.4 Å². The first-order chi connectivity index (χ1) is 26.6. The Morgan fingerprint density at radius 3 is 2.44 bits per heavy atom. The van der Waals surface area contributed by atoms with Gasteiger partial charge in [0.2, 0.25) is 11.8 Å². The number of ketones is 1. The number of amides is 4. The molecule has 15 heteroatoms. The molecule has 3 aromatic heterocycles. The van der Waals surface area contributed by atoms with E-state index in [2.05, 4.69) is 15.2 Å². The molecule has 55 heavy (non-hydrogen) atoms. The number of rotatable bonds is 9. The second-order valence-electron chi connectivity index (χ2n) is 14.7. The van der Waals surface area contributed by atoms with E-state index < -0.39 is 11.9 Å². The number of fused-ring (bicyclic) bond motifs is 2. The van der Waals surface area contributed by atoms with Gasteiger partial charge in [0, 0.05) is 67.0 Å². The summed E-state index contributed by atoms with van der Waals surface area (Å²) < 4.78 is 7.68. The third-order valence-electron chi connectivity index (χ3n) is 11.3. The lowest BCUT2D eigenvalue weighted by atomic mass is 10.0. The van der Waals surface area contributed by atoms with Crippen LogP contribution < -0.4 is 20.5 Å². The molecule has 0 bridgehead atoms. The van der Waals surface area contributed by atoms with Gasteiger partial charge in [-0.15, -0.1) is 0 Å². The first kappa shape index (κ1) is 36.0. The highest BCUT2D eigenvalue weighted by Gasteiger charge is 2.40. The average Bonchev–Trinajstić information content (AvgIpc) is 3.83. The zero-order valence-corrected chi connectivity index (χ0v) is 30.9. The molecule has 4 amide bonds. The summed E-state index contributed by atoms with van der Waals surface area (Å²) in [5.41, 5.74) is 3.87. The lowest BCUT2D eigenvalue weighted by Crippen LogP contribution is -2.52. The maximum atomic E-state index is 13.6. The number of aryl methyl sites for hydroxylation is 1. The van der Waals surface area contributed by atoms with Gasteiger partial charge in [-0.2, -0.15) is 0 Å². The summed E-state index contributed by atoms with van der Waals surface area (Å²) in [7, 11) is 0. The number of hydrogen-bond donors (Lipinski definition) is 1. The van der Waals surface area contributed by atoms with E-state index in [1.807, 2.05) is 18.3 Å². The Labute approximate surface area is 316 Å². The van der Waals surface area contributed by atoms with Gasteiger partial charge in [-0.1, -0.05) is 18.9 Å². The average molecular weight is 747 g/mol. The summed E-state index contributed by atoms with van der Waals surface area (Å²) >= 11 is 0. The Bertz CT molecular complexity index is 2290.